The number of nitrogens with zero attached hydrogens (tertiary/aromatic N) is 1. The topological polar surface area (TPSA) is 92.4 Å². The smallest absolute Gasteiger partial charge is 0.305 e. The average Bonchev–Trinajstić information content (AvgIpc) is 3.05. The fourth-order valence-electron chi connectivity index (χ4n) is 1.87. The molecular weight excluding hydrogens is 292 g/mol. The van der Waals surface area contributed by atoms with Crippen molar-refractivity contribution in [1.82, 2.24) is 10.3 Å². The molecule has 0 fully saturated rings. The molecular formula is C14H16N2O4S. The SMILES string of the molecule is CCC(CC(=O)O)NC(=O)c1nc(-c2ccco2)sc1C. The van der Waals surface area contributed by atoms with Crippen molar-refractivity contribution >= 4 is 23.2 Å². The predicted octanol–water partition coefficient (Wildman–Crippen LogP) is 2.69. The van der Waals surface area contributed by atoms with Gasteiger partial charge in [-0.2, -0.15) is 0 Å². The number of rotatable bonds is 6. The van der Waals surface area contributed by atoms with E-state index in [-0.39, 0.29) is 12.3 Å². The van der Waals surface area contributed by atoms with Crippen molar-refractivity contribution in [3.8, 4) is 10.8 Å². The number of aliphatic carboxylic acids is 1. The molecule has 2 N–H and O–H groups in total. The fraction of sp³-hybridized carbons (Fsp3) is 0.357. The highest BCUT2D eigenvalue weighted by Gasteiger charge is 2.20. The van der Waals surface area contributed by atoms with Gasteiger partial charge in [0.05, 0.1) is 12.7 Å². The molecule has 0 aliphatic heterocycles. The Balaban J connectivity index is 2.14. The highest BCUT2D eigenvalue weighted by Crippen LogP contribution is 2.27. The lowest BCUT2D eigenvalue weighted by Crippen LogP contribution is -2.36. The van der Waals surface area contributed by atoms with Crippen LogP contribution in [-0.4, -0.2) is 28.0 Å². The molecule has 0 spiro atoms. The van der Waals surface area contributed by atoms with E-state index >= 15 is 0 Å². The number of thiazole rings is 1. The molecule has 1 unspecified atom stereocenters. The number of carbonyl (C=O) groups is 2. The van der Waals surface area contributed by atoms with Crippen molar-refractivity contribution < 1.29 is 19.1 Å². The largest absolute Gasteiger partial charge is 0.481 e. The molecule has 0 saturated carbocycles. The third-order valence-electron chi connectivity index (χ3n) is 2.99. The first-order valence-corrected chi connectivity index (χ1v) is 7.36. The van der Waals surface area contributed by atoms with E-state index in [0.29, 0.717) is 22.9 Å². The third-order valence-corrected chi connectivity index (χ3v) is 3.98. The second kappa shape index (κ2) is 6.53. The van der Waals surface area contributed by atoms with E-state index < -0.39 is 12.0 Å². The summed E-state index contributed by atoms with van der Waals surface area (Å²) in [6.07, 6.45) is 1.99. The van der Waals surface area contributed by atoms with Gasteiger partial charge in [-0.25, -0.2) is 4.98 Å². The zero-order valence-electron chi connectivity index (χ0n) is 11.8. The number of carboxylic acid groups (broad SMARTS) is 1. The molecule has 2 heterocycles. The maximum Gasteiger partial charge on any atom is 0.305 e. The Labute approximate surface area is 125 Å². The lowest BCUT2D eigenvalue weighted by atomic mass is 10.1. The minimum atomic E-state index is -0.937. The van der Waals surface area contributed by atoms with E-state index in [1.807, 2.05) is 6.92 Å². The molecule has 0 aliphatic carbocycles. The summed E-state index contributed by atoms with van der Waals surface area (Å²) in [4.78, 5) is 28.0. The maximum atomic E-state index is 12.2. The van der Waals surface area contributed by atoms with Crippen LogP contribution >= 0.6 is 11.3 Å². The van der Waals surface area contributed by atoms with Crippen LogP contribution in [0.1, 0.15) is 35.1 Å². The lowest BCUT2D eigenvalue weighted by molar-refractivity contribution is -0.137. The van der Waals surface area contributed by atoms with Crippen molar-refractivity contribution in [1.29, 1.82) is 0 Å². The molecule has 0 radical (unpaired) electrons. The highest BCUT2D eigenvalue weighted by molar-refractivity contribution is 7.15. The molecule has 6 nitrogen and oxygen atoms in total. The molecule has 21 heavy (non-hydrogen) atoms. The monoisotopic (exact) mass is 308 g/mol. The average molecular weight is 308 g/mol. The summed E-state index contributed by atoms with van der Waals surface area (Å²) < 4.78 is 5.26. The van der Waals surface area contributed by atoms with Gasteiger partial charge in [-0.1, -0.05) is 6.92 Å². The standard InChI is InChI=1S/C14H16N2O4S/c1-3-9(7-11(17)18)15-13(19)12-8(2)21-14(16-12)10-5-4-6-20-10/h4-6,9H,3,7H2,1-2H3,(H,15,19)(H,17,18). The molecule has 1 atom stereocenters. The van der Waals surface area contributed by atoms with Crippen molar-refractivity contribution in [2.75, 3.05) is 0 Å². The van der Waals surface area contributed by atoms with Crippen molar-refractivity contribution in [2.45, 2.75) is 32.7 Å². The van der Waals surface area contributed by atoms with Crippen molar-refractivity contribution in [3.63, 3.8) is 0 Å². The van der Waals surface area contributed by atoms with Crippen LogP contribution in [0.25, 0.3) is 10.8 Å². The maximum absolute atomic E-state index is 12.2. The summed E-state index contributed by atoms with van der Waals surface area (Å²) in [6, 6.07) is 3.13. The Kier molecular flexibility index (Phi) is 4.74. The minimum absolute atomic E-state index is 0.101. The molecule has 2 aromatic rings. The van der Waals surface area contributed by atoms with E-state index in [9.17, 15) is 9.59 Å². The van der Waals surface area contributed by atoms with Gasteiger partial charge in [-0.05, 0) is 25.5 Å². The number of aryl methyl sites for hydroxylation is 1. The van der Waals surface area contributed by atoms with Gasteiger partial charge < -0.3 is 14.8 Å². The van der Waals surface area contributed by atoms with Gasteiger partial charge in [0, 0.05) is 10.9 Å². The van der Waals surface area contributed by atoms with Gasteiger partial charge >= 0.3 is 5.97 Å². The van der Waals surface area contributed by atoms with Crippen LogP contribution in [0, 0.1) is 6.92 Å². The van der Waals surface area contributed by atoms with Gasteiger partial charge in [0.2, 0.25) is 0 Å². The number of hydrogen-bond acceptors (Lipinski definition) is 5. The van der Waals surface area contributed by atoms with Crippen molar-refractivity contribution in [2.24, 2.45) is 0 Å². The van der Waals surface area contributed by atoms with E-state index in [1.165, 1.54) is 11.3 Å². The molecule has 2 aromatic heterocycles. The predicted molar refractivity (Wildman–Crippen MR) is 78.4 cm³/mol. The molecule has 0 aliphatic rings. The molecule has 112 valence electrons. The number of carboxylic acids is 1. The summed E-state index contributed by atoms with van der Waals surface area (Å²) >= 11 is 1.37. The number of carbonyl (C=O) groups excluding carboxylic acids is 1. The Hall–Kier alpha value is -2.15. The third kappa shape index (κ3) is 3.69. The van der Waals surface area contributed by atoms with Gasteiger partial charge in [0.25, 0.3) is 5.91 Å². The second-order valence-corrected chi connectivity index (χ2v) is 5.78. The van der Waals surface area contributed by atoms with Crippen molar-refractivity contribution in [3.05, 3.63) is 29.0 Å². The van der Waals surface area contributed by atoms with E-state index in [4.69, 9.17) is 9.52 Å². The summed E-state index contributed by atoms with van der Waals surface area (Å²) in [5.74, 6) is -0.678. The van der Waals surface area contributed by atoms with E-state index in [0.717, 1.165) is 4.88 Å². The van der Waals surface area contributed by atoms with Gasteiger partial charge in [-0.15, -0.1) is 11.3 Å². The Morgan fingerprint density at radius 2 is 2.29 bits per heavy atom. The quantitative estimate of drug-likeness (QED) is 0.856. The van der Waals surface area contributed by atoms with Gasteiger partial charge in [-0.3, -0.25) is 9.59 Å². The Bertz CT molecular complexity index is 633. The normalized spacial score (nSPS) is 12.1. The molecule has 0 aromatic carbocycles. The summed E-state index contributed by atoms with van der Waals surface area (Å²) in [7, 11) is 0. The van der Waals surface area contributed by atoms with Gasteiger partial charge in [0.15, 0.2) is 10.8 Å². The highest BCUT2D eigenvalue weighted by atomic mass is 32.1. The second-order valence-electron chi connectivity index (χ2n) is 4.58. The van der Waals surface area contributed by atoms with E-state index in [2.05, 4.69) is 10.3 Å². The number of aromatic nitrogens is 1. The van der Waals surface area contributed by atoms with Crippen LogP contribution in [0.3, 0.4) is 0 Å². The van der Waals surface area contributed by atoms with Crippen LogP contribution in [0.5, 0.6) is 0 Å². The van der Waals surface area contributed by atoms with Crippen LogP contribution < -0.4 is 5.32 Å². The number of nitrogens with one attached hydrogen (secondary N) is 1. The lowest BCUT2D eigenvalue weighted by Gasteiger charge is -2.13. The summed E-state index contributed by atoms with van der Waals surface area (Å²) in [5.41, 5.74) is 0.315. The Morgan fingerprint density at radius 1 is 1.52 bits per heavy atom. The Morgan fingerprint density at radius 3 is 2.86 bits per heavy atom. The van der Waals surface area contributed by atoms with E-state index in [1.54, 1.807) is 25.3 Å². The summed E-state index contributed by atoms with van der Waals surface area (Å²) in [6.45, 7) is 3.63. The van der Waals surface area contributed by atoms with Crippen LogP contribution in [0.4, 0.5) is 0 Å². The minimum Gasteiger partial charge on any atom is -0.481 e. The van der Waals surface area contributed by atoms with Crippen LogP contribution in [-0.2, 0) is 4.79 Å². The molecule has 2 rings (SSSR count). The summed E-state index contributed by atoms with van der Waals surface area (Å²) in [5, 5.41) is 12.1. The molecule has 0 bridgehead atoms. The molecule has 1 amide bonds. The zero-order valence-corrected chi connectivity index (χ0v) is 12.6. The number of hydrogen-bond donors (Lipinski definition) is 2. The zero-order chi connectivity index (χ0) is 15.4. The van der Waals surface area contributed by atoms with Gasteiger partial charge in [0.1, 0.15) is 5.69 Å². The molecule has 7 heteroatoms. The van der Waals surface area contributed by atoms with Crippen LogP contribution in [0.15, 0.2) is 22.8 Å². The van der Waals surface area contributed by atoms with Crippen LogP contribution in [0.2, 0.25) is 0 Å². The number of amides is 1. The first-order chi connectivity index (χ1) is 10.0. The fourth-order valence-corrected chi connectivity index (χ4v) is 2.75. The number of furan rings is 1. The first-order valence-electron chi connectivity index (χ1n) is 6.55. The first kappa shape index (κ1) is 15.2. The molecule has 0 saturated heterocycles.